The zero-order valence-electron chi connectivity index (χ0n) is 6.45. The first-order valence-electron chi connectivity index (χ1n) is 3.61. The summed E-state index contributed by atoms with van der Waals surface area (Å²) in [4.78, 5) is 12.5. The number of primary amides is 1. The predicted octanol–water partition coefficient (Wildman–Crippen LogP) is -0.542. The highest BCUT2D eigenvalue weighted by Crippen LogP contribution is 2.19. The van der Waals surface area contributed by atoms with E-state index in [9.17, 15) is 4.79 Å². The molecule has 2 unspecified atom stereocenters. The molecule has 1 fully saturated rings. The fraction of sp³-hybridized carbons (Fsp3) is 0.714. The van der Waals surface area contributed by atoms with Crippen molar-refractivity contribution in [1.29, 1.82) is 5.26 Å². The molecule has 1 heterocycles. The van der Waals surface area contributed by atoms with Gasteiger partial charge in [-0.05, 0) is 13.3 Å². The number of amides is 1. The quantitative estimate of drug-likeness (QED) is 0.579. The summed E-state index contributed by atoms with van der Waals surface area (Å²) in [6, 6.07) is 1.67. The number of carbonyl (C=O) groups is 1. The number of rotatable bonds is 2. The molecule has 1 saturated heterocycles. The van der Waals surface area contributed by atoms with Crippen LogP contribution in [-0.4, -0.2) is 29.4 Å². The van der Waals surface area contributed by atoms with Crippen molar-refractivity contribution < 1.29 is 4.79 Å². The van der Waals surface area contributed by atoms with Gasteiger partial charge in [-0.2, -0.15) is 5.26 Å². The molecule has 0 radical (unpaired) electrons. The maximum absolute atomic E-state index is 10.7. The Morgan fingerprint density at radius 3 is 2.82 bits per heavy atom. The first kappa shape index (κ1) is 8.02. The fourth-order valence-corrected chi connectivity index (χ4v) is 1.25. The Kier molecular flexibility index (Phi) is 2.11. The van der Waals surface area contributed by atoms with Crippen LogP contribution in [0.5, 0.6) is 0 Å². The summed E-state index contributed by atoms with van der Waals surface area (Å²) >= 11 is 0. The molecule has 0 aromatic carbocycles. The van der Waals surface area contributed by atoms with E-state index in [0.717, 1.165) is 13.0 Å². The monoisotopic (exact) mass is 153 g/mol. The number of nitrogens with two attached hydrogens (primary N) is 1. The molecule has 1 amide bonds. The Morgan fingerprint density at radius 1 is 1.91 bits per heavy atom. The second-order valence-electron chi connectivity index (χ2n) is 2.75. The Hall–Kier alpha value is -1.08. The van der Waals surface area contributed by atoms with Crippen molar-refractivity contribution in [1.82, 2.24) is 4.90 Å². The van der Waals surface area contributed by atoms with Crippen LogP contribution in [0.15, 0.2) is 0 Å². The normalized spacial score (nSPS) is 26.7. The average molecular weight is 153 g/mol. The maximum atomic E-state index is 10.7. The summed E-state index contributed by atoms with van der Waals surface area (Å²) in [5.74, 6) is -0.321. The SMILES string of the molecule is CC(C#N)N1CCC1C(N)=O. The Balaban J connectivity index is 2.51. The Morgan fingerprint density at radius 2 is 2.55 bits per heavy atom. The highest BCUT2D eigenvalue weighted by Gasteiger charge is 2.35. The minimum atomic E-state index is -0.321. The van der Waals surface area contributed by atoms with E-state index in [-0.39, 0.29) is 18.0 Å². The van der Waals surface area contributed by atoms with E-state index in [1.807, 2.05) is 4.90 Å². The number of hydrogen-bond donors (Lipinski definition) is 1. The molecule has 0 saturated carbocycles. The molecule has 11 heavy (non-hydrogen) atoms. The molecule has 4 heteroatoms. The van der Waals surface area contributed by atoms with Gasteiger partial charge in [-0.3, -0.25) is 9.69 Å². The third-order valence-electron chi connectivity index (χ3n) is 2.07. The van der Waals surface area contributed by atoms with E-state index < -0.39 is 0 Å². The number of nitriles is 1. The molecule has 2 N–H and O–H groups in total. The average Bonchev–Trinajstić information content (AvgIpc) is 1.83. The predicted molar refractivity (Wildman–Crippen MR) is 39.4 cm³/mol. The van der Waals surface area contributed by atoms with Gasteiger partial charge >= 0.3 is 0 Å². The molecule has 2 atom stereocenters. The summed E-state index contributed by atoms with van der Waals surface area (Å²) in [5.41, 5.74) is 5.09. The van der Waals surface area contributed by atoms with Gasteiger partial charge in [-0.25, -0.2) is 0 Å². The highest BCUT2D eigenvalue weighted by molar-refractivity contribution is 5.80. The molecule has 60 valence electrons. The molecular weight excluding hydrogens is 142 g/mol. The van der Waals surface area contributed by atoms with Crippen molar-refractivity contribution in [2.24, 2.45) is 5.73 Å². The lowest BCUT2D eigenvalue weighted by molar-refractivity contribution is -0.128. The third kappa shape index (κ3) is 1.33. The van der Waals surface area contributed by atoms with Crippen LogP contribution < -0.4 is 5.73 Å². The molecule has 1 aliphatic rings. The molecule has 0 aromatic rings. The molecule has 0 bridgehead atoms. The first-order chi connectivity index (χ1) is 5.16. The van der Waals surface area contributed by atoms with Crippen molar-refractivity contribution in [3.63, 3.8) is 0 Å². The topological polar surface area (TPSA) is 70.1 Å². The van der Waals surface area contributed by atoms with E-state index in [1.54, 1.807) is 6.92 Å². The zero-order chi connectivity index (χ0) is 8.43. The summed E-state index contributed by atoms with van der Waals surface area (Å²) in [5, 5.41) is 8.53. The smallest absolute Gasteiger partial charge is 0.234 e. The lowest BCUT2D eigenvalue weighted by Gasteiger charge is -2.40. The van der Waals surface area contributed by atoms with Crippen LogP contribution in [0.3, 0.4) is 0 Å². The van der Waals surface area contributed by atoms with Gasteiger partial charge in [0.2, 0.25) is 5.91 Å². The Bertz CT molecular complexity index is 208. The van der Waals surface area contributed by atoms with E-state index in [0.29, 0.717) is 0 Å². The molecule has 0 spiro atoms. The number of likely N-dealkylation sites (tertiary alicyclic amines) is 1. The van der Waals surface area contributed by atoms with Gasteiger partial charge in [0.1, 0.15) is 0 Å². The summed E-state index contributed by atoms with van der Waals surface area (Å²) in [7, 11) is 0. The standard InChI is InChI=1S/C7H11N3O/c1-5(4-8)10-3-2-6(10)7(9)11/h5-6H,2-3H2,1H3,(H2,9,11). The minimum Gasteiger partial charge on any atom is -0.368 e. The van der Waals surface area contributed by atoms with Crippen molar-refractivity contribution in [2.45, 2.75) is 25.4 Å². The van der Waals surface area contributed by atoms with Gasteiger partial charge in [-0.1, -0.05) is 0 Å². The van der Waals surface area contributed by atoms with Crippen LogP contribution in [0.1, 0.15) is 13.3 Å². The van der Waals surface area contributed by atoms with Gasteiger partial charge in [0.25, 0.3) is 0 Å². The molecule has 1 rings (SSSR count). The molecular formula is C7H11N3O. The molecule has 4 nitrogen and oxygen atoms in total. The first-order valence-corrected chi connectivity index (χ1v) is 3.61. The van der Waals surface area contributed by atoms with Crippen molar-refractivity contribution in [2.75, 3.05) is 6.54 Å². The van der Waals surface area contributed by atoms with Crippen molar-refractivity contribution in [3.8, 4) is 6.07 Å². The van der Waals surface area contributed by atoms with E-state index in [4.69, 9.17) is 11.0 Å². The zero-order valence-corrected chi connectivity index (χ0v) is 6.45. The second kappa shape index (κ2) is 2.89. The summed E-state index contributed by atoms with van der Waals surface area (Å²) < 4.78 is 0. The second-order valence-corrected chi connectivity index (χ2v) is 2.75. The molecule has 0 aromatic heterocycles. The number of hydrogen-bond acceptors (Lipinski definition) is 3. The van der Waals surface area contributed by atoms with E-state index >= 15 is 0 Å². The van der Waals surface area contributed by atoms with Gasteiger partial charge in [0.05, 0.1) is 18.2 Å². The minimum absolute atomic E-state index is 0.193. The fourth-order valence-electron chi connectivity index (χ4n) is 1.25. The van der Waals surface area contributed by atoms with Gasteiger partial charge in [-0.15, -0.1) is 0 Å². The van der Waals surface area contributed by atoms with Crippen LogP contribution >= 0.6 is 0 Å². The van der Waals surface area contributed by atoms with Crippen LogP contribution in [0.25, 0.3) is 0 Å². The third-order valence-corrected chi connectivity index (χ3v) is 2.07. The Labute approximate surface area is 65.6 Å². The number of nitrogens with zero attached hydrogens (tertiary/aromatic N) is 2. The highest BCUT2D eigenvalue weighted by atomic mass is 16.1. The van der Waals surface area contributed by atoms with Crippen molar-refractivity contribution in [3.05, 3.63) is 0 Å². The summed E-state index contributed by atoms with van der Waals surface area (Å²) in [6.45, 7) is 2.58. The van der Waals surface area contributed by atoms with E-state index in [2.05, 4.69) is 6.07 Å². The maximum Gasteiger partial charge on any atom is 0.234 e. The van der Waals surface area contributed by atoms with Gasteiger partial charge < -0.3 is 5.73 Å². The van der Waals surface area contributed by atoms with Crippen LogP contribution in [0.4, 0.5) is 0 Å². The van der Waals surface area contributed by atoms with Gasteiger partial charge in [0.15, 0.2) is 0 Å². The van der Waals surface area contributed by atoms with Crippen LogP contribution in [-0.2, 0) is 4.79 Å². The van der Waals surface area contributed by atoms with Crippen LogP contribution in [0.2, 0.25) is 0 Å². The van der Waals surface area contributed by atoms with Crippen LogP contribution in [0, 0.1) is 11.3 Å². The lowest BCUT2D eigenvalue weighted by atomic mass is 10.0. The molecule has 0 aliphatic carbocycles. The summed E-state index contributed by atoms with van der Waals surface area (Å²) in [6.07, 6.45) is 0.793. The van der Waals surface area contributed by atoms with Gasteiger partial charge in [0, 0.05) is 6.54 Å². The molecule has 1 aliphatic heterocycles. The van der Waals surface area contributed by atoms with E-state index in [1.165, 1.54) is 0 Å². The number of carbonyl (C=O) groups excluding carboxylic acids is 1. The lowest BCUT2D eigenvalue weighted by Crippen LogP contribution is -2.57. The largest absolute Gasteiger partial charge is 0.368 e. The van der Waals surface area contributed by atoms with Crippen molar-refractivity contribution >= 4 is 5.91 Å².